The normalized spacial score (nSPS) is 30.5. The maximum absolute atomic E-state index is 12.5. The van der Waals surface area contributed by atoms with E-state index in [4.69, 9.17) is 9.47 Å². The zero-order valence-electron chi connectivity index (χ0n) is 12.7. The zero-order valence-corrected chi connectivity index (χ0v) is 12.7. The second-order valence-electron chi connectivity index (χ2n) is 6.33. The van der Waals surface area contributed by atoms with Gasteiger partial charge in [-0.3, -0.25) is 4.79 Å². The Morgan fingerprint density at radius 3 is 2.91 bits per heavy atom. The molecule has 2 heterocycles. The van der Waals surface area contributed by atoms with Crippen LogP contribution in [-0.2, 0) is 9.47 Å². The quantitative estimate of drug-likeness (QED) is 0.918. The van der Waals surface area contributed by atoms with Gasteiger partial charge in [0.15, 0.2) is 0 Å². The molecule has 1 aromatic carbocycles. The van der Waals surface area contributed by atoms with E-state index in [-0.39, 0.29) is 11.9 Å². The molecule has 22 heavy (non-hydrogen) atoms. The van der Waals surface area contributed by atoms with Gasteiger partial charge in [0.25, 0.3) is 5.91 Å². The average Bonchev–Trinajstić information content (AvgIpc) is 2.94. The Balaban J connectivity index is 1.42. The Bertz CT molecular complexity index is 557. The zero-order chi connectivity index (χ0) is 14.9. The van der Waals surface area contributed by atoms with Crippen molar-refractivity contribution in [3.05, 3.63) is 29.8 Å². The van der Waals surface area contributed by atoms with Gasteiger partial charge in [0, 0.05) is 42.9 Å². The second kappa shape index (κ2) is 5.89. The summed E-state index contributed by atoms with van der Waals surface area (Å²) >= 11 is 0. The lowest BCUT2D eigenvalue weighted by atomic mass is 9.76. The maximum Gasteiger partial charge on any atom is 0.251 e. The van der Waals surface area contributed by atoms with Crippen LogP contribution in [0.2, 0.25) is 0 Å². The number of nitrogens with one attached hydrogen (secondary N) is 1. The topological polar surface area (TPSA) is 50.8 Å². The Hall–Kier alpha value is -1.59. The van der Waals surface area contributed by atoms with Crippen LogP contribution in [0.5, 0.6) is 0 Å². The molecule has 3 aliphatic rings. The third-order valence-electron chi connectivity index (χ3n) is 5.06. The van der Waals surface area contributed by atoms with Crippen molar-refractivity contribution in [2.24, 2.45) is 5.92 Å². The first kappa shape index (κ1) is 14.0. The van der Waals surface area contributed by atoms with Crippen LogP contribution in [0.15, 0.2) is 24.3 Å². The highest BCUT2D eigenvalue weighted by atomic mass is 16.5. The van der Waals surface area contributed by atoms with E-state index in [0.717, 1.165) is 57.0 Å². The maximum atomic E-state index is 12.5. The number of carbonyl (C=O) groups is 1. The molecule has 0 aromatic heterocycles. The summed E-state index contributed by atoms with van der Waals surface area (Å²) in [6, 6.07) is 8.18. The van der Waals surface area contributed by atoms with E-state index in [2.05, 4.69) is 16.3 Å². The van der Waals surface area contributed by atoms with Gasteiger partial charge in [0.1, 0.15) is 0 Å². The lowest BCUT2D eigenvalue weighted by Gasteiger charge is -2.39. The van der Waals surface area contributed by atoms with Crippen molar-refractivity contribution < 1.29 is 14.3 Å². The summed E-state index contributed by atoms with van der Waals surface area (Å²) in [4.78, 5) is 14.7. The molecule has 3 atom stereocenters. The molecule has 3 fully saturated rings. The van der Waals surface area contributed by atoms with Crippen LogP contribution >= 0.6 is 0 Å². The van der Waals surface area contributed by atoms with E-state index >= 15 is 0 Å². The molecule has 1 aliphatic carbocycles. The molecule has 0 radical (unpaired) electrons. The number of benzene rings is 1. The first-order valence-electron chi connectivity index (χ1n) is 8.16. The van der Waals surface area contributed by atoms with E-state index in [9.17, 15) is 4.79 Å². The minimum atomic E-state index is 0.0328. The van der Waals surface area contributed by atoms with Gasteiger partial charge in [-0.25, -0.2) is 0 Å². The predicted octanol–water partition coefficient (Wildman–Crippen LogP) is 1.43. The highest BCUT2D eigenvalue weighted by Gasteiger charge is 2.45. The molecule has 2 aliphatic heterocycles. The molecule has 1 aromatic rings. The Morgan fingerprint density at radius 1 is 1.23 bits per heavy atom. The van der Waals surface area contributed by atoms with Gasteiger partial charge in [0.05, 0.1) is 19.3 Å². The van der Waals surface area contributed by atoms with Gasteiger partial charge in [-0.15, -0.1) is 0 Å². The van der Waals surface area contributed by atoms with E-state index in [1.807, 2.05) is 18.2 Å². The number of hydrogen-bond acceptors (Lipinski definition) is 4. The van der Waals surface area contributed by atoms with Crippen molar-refractivity contribution in [3.63, 3.8) is 0 Å². The Labute approximate surface area is 130 Å². The summed E-state index contributed by atoms with van der Waals surface area (Å²) in [6.45, 7) is 4.11. The van der Waals surface area contributed by atoms with E-state index < -0.39 is 0 Å². The molecule has 5 nitrogen and oxygen atoms in total. The van der Waals surface area contributed by atoms with Crippen LogP contribution < -0.4 is 10.2 Å². The fraction of sp³-hybridized carbons (Fsp3) is 0.588. The van der Waals surface area contributed by atoms with Gasteiger partial charge in [-0.05, 0) is 31.0 Å². The van der Waals surface area contributed by atoms with Crippen LogP contribution in [0.1, 0.15) is 23.2 Å². The third-order valence-corrected chi connectivity index (χ3v) is 5.06. The molecule has 2 saturated heterocycles. The monoisotopic (exact) mass is 302 g/mol. The molecular weight excluding hydrogens is 280 g/mol. The van der Waals surface area contributed by atoms with Crippen molar-refractivity contribution in [2.75, 3.05) is 37.8 Å². The van der Waals surface area contributed by atoms with Gasteiger partial charge in [-0.1, -0.05) is 6.07 Å². The number of anilines is 1. The molecule has 1 saturated carbocycles. The molecule has 0 bridgehead atoms. The molecule has 4 rings (SSSR count). The molecule has 1 amide bonds. The largest absolute Gasteiger partial charge is 0.378 e. The highest BCUT2D eigenvalue weighted by molar-refractivity contribution is 5.95. The predicted molar refractivity (Wildman–Crippen MR) is 83.2 cm³/mol. The summed E-state index contributed by atoms with van der Waals surface area (Å²) in [6.07, 6.45) is 2.41. The number of nitrogens with zero attached hydrogens (tertiary/aromatic N) is 1. The van der Waals surface area contributed by atoms with Crippen LogP contribution in [-0.4, -0.2) is 51.0 Å². The van der Waals surface area contributed by atoms with Crippen molar-refractivity contribution in [2.45, 2.75) is 25.0 Å². The van der Waals surface area contributed by atoms with E-state index in [1.165, 1.54) is 0 Å². The summed E-state index contributed by atoms with van der Waals surface area (Å²) < 4.78 is 11.0. The average molecular weight is 302 g/mol. The minimum Gasteiger partial charge on any atom is -0.378 e. The Morgan fingerprint density at radius 2 is 2.09 bits per heavy atom. The number of rotatable bonds is 3. The second-order valence-corrected chi connectivity index (χ2v) is 6.33. The first-order valence-corrected chi connectivity index (χ1v) is 8.16. The number of ether oxygens (including phenoxy) is 2. The number of carbonyl (C=O) groups excluding carboxylic acids is 1. The van der Waals surface area contributed by atoms with Gasteiger partial charge in [-0.2, -0.15) is 0 Å². The van der Waals surface area contributed by atoms with Gasteiger partial charge in [0.2, 0.25) is 0 Å². The summed E-state index contributed by atoms with van der Waals surface area (Å²) in [7, 11) is 0. The third kappa shape index (κ3) is 2.59. The number of amides is 1. The Kier molecular flexibility index (Phi) is 3.76. The van der Waals surface area contributed by atoms with Gasteiger partial charge >= 0.3 is 0 Å². The van der Waals surface area contributed by atoms with Crippen LogP contribution in [0, 0.1) is 5.92 Å². The number of hydrogen-bond donors (Lipinski definition) is 1. The summed E-state index contributed by atoms with van der Waals surface area (Å²) in [5.41, 5.74) is 1.85. The van der Waals surface area contributed by atoms with Crippen molar-refractivity contribution in [1.82, 2.24) is 5.32 Å². The molecular formula is C17H22N2O3. The van der Waals surface area contributed by atoms with Crippen molar-refractivity contribution in [1.29, 1.82) is 0 Å². The van der Waals surface area contributed by atoms with Crippen LogP contribution in [0.4, 0.5) is 5.69 Å². The number of fused-ring (bicyclic) bond motifs is 1. The molecule has 5 heteroatoms. The van der Waals surface area contributed by atoms with Gasteiger partial charge < -0.3 is 19.7 Å². The summed E-state index contributed by atoms with van der Waals surface area (Å²) in [5.74, 6) is 0.553. The highest BCUT2D eigenvalue weighted by Crippen LogP contribution is 2.38. The lowest BCUT2D eigenvalue weighted by molar-refractivity contribution is 0.00810. The molecule has 0 unspecified atom stereocenters. The molecule has 1 N–H and O–H groups in total. The molecule has 0 spiro atoms. The van der Waals surface area contributed by atoms with E-state index in [0.29, 0.717) is 12.0 Å². The smallest absolute Gasteiger partial charge is 0.251 e. The fourth-order valence-corrected chi connectivity index (χ4v) is 3.68. The van der Waals surface area contributed by atoms with Crippen LogP contribution in [0.3, 0.4) is 0 Å². The van der Waals surface area contributed by atoms with Crippen molar-refractivity contribution in [3.8, 4) is 0 Å². The minimum absolute atomic E-state index is 0.0328. The van der Waals surface area contributed by atoms with Crippen molar-refractivity contribution >= 4 is 11.6 Å². The number of morpholine rings is 1. The molecule has 118 valence electrons. The van der Waals surface area contributed by atoms with E-state index in [1.54, 1.807) is 0 Å². The summed E-state index contributed by atoms with van der Waals surface area (Å²) in [5, 5.41) is 3.17. The fourth-order valence-electron chi connectivity index (χ4n) is 3.68. The standard InChI is InChI=1S/C17H22N2O3/c20-17(18-15-11-16-14(15)4-7-22-16)12-2-1-3-13(10-12)19-5-8-21-9-6-19/h1-3,10,14-16H,4-9,11H2,(H,18,20)/t14-,15+,16+/m0/s1. The lowest BCUT2D eigenvalue weighted by Crippen LogP contribution is -2.53. The SMILES string of the molecule is O=C(N[C@@H]1C[C@H]2OCC[C@@H]12)c1cccc(N2CCOCC2)c1. The first-order chi connectivity index (χ1) is 10.8. The van der Waals surface area contributed by atoms with Crippen LogP contribution in [0.25, 0.3) is 0 Å².